The molecule has 0 bridgehead atoms. The van der Waals surface area contributed by atoms with Crippen LogP contribution >= 0.6 is 11.3 Å². The zero-order valence-electron chi connectivity index (χ0n) is 10.6. The van der Waals surface area contributed by atoms with Gasteiger partial charge >= 0.3 is 0 Å². The third-order valence-corrected chi connectivity index (χ3v) is 3.69. The van der Waals surface area contributed by atoms with Crippen molar-refractivity contribution in [3.05, 3.63) is 51.7 Å². The Balaban J connectivity index is 2.40. The van der Waals surface area contributed by atoms with Gasteiger partial charge in [-0.15, -0.1) is 11.3 Å². The average Bonchev–Trinajstić information content (AvgIpc) is 2.92. The maximum absolute atomic E-state index is 12.4. The second-order valence-corrected chi connectivity index (χ2v) is 5.03. The van der Waals surface area contributed by atoms with Gasteiger partial charge in [-0.3, -0.25) is 4.79 Å². The summed E-state index contributed by atoms with van der Waals surface area (Å²) in [5.74, 6) is 0.914. The van der Waals surface area contributed by atoms with Crippen molar-refractivity contribution in [1.82, 2.24) is 0 Å². The number of hydrogen-bond donors (Lipinski definition) is 0. The molecule has 0 aliphatic carbocycles. The second kappa shape index (κ2) is 5.83. The van der Waals surface area contributed by atoms with Crippen LogP contribution in [0.1, 0.15) is 34.1 Å². The van der Waals surface area contributed by atoms with E-state index in [1.165, 1.54) is 11.3 Å². The zero-order valence-corrected chi connectivity index (χ0v) is 11.4. The molecule has 2 aromatic rings. The quantitative estimate of drug-likeness (QED) is 0.761. The van der Waals surface area contributed by atoms with Crippen LogP contribution in [0, 0.1) is 0 Å². The molecule has 94 valence electrons. The van der Waals surface area contributed by atoms with E-state index in [0.717, 1.165) is 34.6 Å². The van der Waals surface area contributed by atoms with Crippen LogP contribution in [0.5, 0.6) is 5.75 Å². The van der Waals surface area contributed by atoms with Crippen molar-refractivity contribution in [1.29, 1.82) is 0 Å². The number of ether oxygens (including phenoxy) is 1. The highest BCUT2D eigenvalue weighted by atomic mass is 32.1. The van der Waals surface area contributed by atoms with Crippen molar-refractivity contribution in [2.45, 2.75) is 19.8 Å². The summed E-state index contributed by atoms with van der Waals surface area (Å²) in [6, 6.07) is 9.45. The van der Waals surface area contributed by atoms with E-state index in [1.54, 1.807) is 7.11 Å². The highest BCUT2D eigenvalue weighted by molar-refractivity contribution is 7.12. The fraction of sp³-hybridized carbons (Fsp3) is 0.267. The monoisotopic (exact) mass is 260 g/mol. The summed E-state index contributed by atoms with van der Waals surface area (Å²) in [5.41, 5.74) is 1.86. The van der Waals surface area contributed by atoms with Crippen molar-refractivity contribution < 1.29 is 9.53 Å². The Morgan fingerprint density at radius 1 is 1.33 bits per heavy atom. The van der Waals surface area contributed by atoms with E-state index < -0.39 is 0 Å². The number of hydrogen-bond acceptors (Lipinski definition) is 3. The molecule has 2 rings (SSSR count). The van der Waals surface area contributed by atoms with E-state index in [9.17, 15) is 4.79 Å². The number of aryl methyl sites for hydroxylation is 1. The van der Waals surface area contributed by atoms with Gasteiger partial charge in [-0.2, -0.15) is 0 Å². The van der Waals surface area contributed by atoms with Crippen molar-refractivity contribution in [2.75, 3.05) is 7.11 Å². The van der Waals surface area contributed by atoms with E-state index in [-0.39, 0.29) is 5.78 Å². The molecule has 0 aliphatic heterocycles. The number of ketones is 1. The Hall–Kier alpha value is -1.61. The normalized spacial score (nSPS) is 10.3. The number of carbonyl (C=O) groups is 1. The molecule has 0 saturated heterocycles. The summed E-state index contributed by atoms with van der Waals surface area (Å²) >= 11 is 1.48. The molecule has 0 fully saturated rings. The van der Waals surface area contributed by atoms with Crippen molar-refractivity contribution in [3.63, 3.8) is 0 Å². The first kappa shape index (κ1) is 12.8. The second-order valence-electron chi connectivity index (χ2n) is 4.08. The number of benzene rings is 1. The van der Waals surface area contributed by atoms with Crippen LogP contribution in [0.2, 0.25) is 0 Å². The van der Waals surface area contributed by atoms with Gasteiger partial charge in [0.15, 0.2) is 0 Å². The predicted molar refractivity (Wildman–Crippen MR) is 74.7 cm³/mol. The van der Waals surface area contributed by atoms with Gasteiger partial charge in [-0.05, 0) is 41.6 Å². The number of rotatable bonds is 5. The maximum atomic E-state index is 12.4. The number of thiophene rings is 1. The Bertz CT molecular complexity index is 529. The summed E-state index contributed by atoms with van der Waals surface area (Å²) in [7, 11) is 1.64. The predicted octanol–water partition coefficient (Wildman–Crippen LogP) is 3.94. The maximum Gasteiger partial charge on any atom is 0.203 e. The molecule has 0 N–H and O–H groups in total. The van der Waals surface area contributed by atoms with Gasteiger partial charge in [0.05, 0.1) is 12.0 Å². The number of methoxy groups -OCH3 is 1. The van der Waals surface area contributed by atoms with Crippen LogP contribution in [0.4, 0.5) is 0 Å². The van der Waals surface area contributed by atoms with E-state index >= 15 is 0 Å². The van der Waals surface area contributed by atoms with Crippen LogP contribution in [-0.4, -0.2) is 12.9 Å². The lowest BCUT2D eigenvalue weighted by Gasteiger charge is -2.09. The minimum Gasteiger partial charge on any atom is -0.497 e. The molecular weight excluding hydrogens is 244 g/mol. The Labute approximate surface area is 111 Å². The van der Waals surface area contributed by atoms with Crippen LogP contribution in [-0.2, 0) is 6.42 Å². The highest BCUT2D eigenvalue weighted by Gasteiger charge is 2.14. The van der Waals surface area contributed by atoms with E-state index in [4.69, 9.17) is 4.74 Å². The lowest BCUT2D eigenvalue weighted by atomic mass is 9.99. The van der Waals surface area contributed by atoms with Crippen LogP contribution in [0.25, 0.3) is 0 Å². The van der Waals surface area contributed by atoms with Crippen molar-refractivity contribution >= 4 is 17.1 Å². The molecule has 0 atom stereocenters. The highest BCUT2D eigenvalue weighted by Crippen LogP contribution is 2.23. The summed E-state index contributed by atoms with van der Waals surface area (Å²) in [5, 5.41) is 1.93. The van der Waals surface area contributed by atoms with Gasteiger partial charge in [0.1, 0.15) is 5.75 Å². The fourth-order valence-corrected chi connectivity index (χ4v) is 2.61. The van der Waals surface area contributed by atoms with Crippen LogP contribution in [0.15, 0.2) is 35.7 Å². The summed E-state index contributed by atoms with van der Waals surface area (Å²) in [6.45, 7) is 2.11. The van der Waals surface area contributed by atoms with Gasteiger partial charge in [-0.25, -0.2) is 0 Å². The molecule has 18 heavy (non-hydrogen) atoms. The van der Waals surface area contributed by atoms with Crippen LogP contribution < -0.4 is 4.74 Å². The fourth-order valence-electron chi connectivity index (χ4n) is 1.94. The Morgan fingerprint density at radius 3 is 2.78 bits per heavy atom. The minimum absolute atomic E-state index is 0.108. The molecule has 0 saturated carbocycles. The standard InChI is InChI=1S/C15H16O2S/c1-3-5-11-10-12(17-2)7-8-13(11)15(16)14-6-4-9-18-14/h4,6-10H,3,5H2,1-2H3. The number of carbonyl (C=O) groups excluding carboxylic acids is 1. The van der Waals surface area contributed by atoms with Gasteiger partial charge in [0.2, 0.25) is 5.78 Å². The molecular formula is C15H16O2S. The van der Waals surface area contributed by atoms with Gasteiger partial charge in [-0.1, -0.05) is 19.4 Å². The van der Waals surface area contributed by atoms with Crippen LogP contribution in [0.3, 0.4) is 0 Å². The molecule has 0 unspecified atom stereocenters. The van der Waals surface area contributed by atoms with E-state index in [1.807, 2.05) is 35.7 Å². The zero-order chi connectivity index (χ0) is 13.0. The SMILES string of the molecule is CCCc1cc(OC)ccc1C(=O)c1cccs1. The molecule has 1 aromatic heterocycles. The Kier molecular flexibility index (Phi) is 4.15. The van der Waals surface area contributed by atoms with Gasteiger partial charge < -0.3 is 4.74 Å². The molecule has 2 nitrogen and oxygen atoms in total. The van der Waals surface area contributed by atoms with Crippen molar-refractivity contribution in [3.8, 4) is 5.75 Å². The molecule has 0 radical (unpaired) electrons. The molecule has 0 amide bonds. The smallest absolute Gasteiger partial charge is 0.203 e. The van der Waals surface area contributed by atoms with Crippen molar-refractivity contribution in [2.24, 2.45) is 0 Å². The van der Waals surface area contributed by atoms with Gasteiger partial charge in [0.25, 0.3) is 0 Å². The van der Waals surface area contributed by atoms with E-state index in [0.29, 0.717) is 0 Å². The third kappa shape index (κ3) is 2.62. The van der Waals surface area contributed by atoms with Gasteiger partial charge in [0, 0.05) is 5.56 Å². The average molecular weight is 260 g/mol. The first-order chi connectivity index (χ1) is 8.76. The third-order valence-electron chi connectivity index (χ3n) is 2.82. The summed E-state index contributed by atoms with van der Waals surface area (Å²) < 4.78 is 5.22. The molecule has 3 heteroatoms. The lowest BCUT2D eigenvalue weighted by molar-refractivity contribution is 0.104. The molecule has 0 spiro atoms. The largest absolute Gasteiger partial charge is 0.497 e. The lowest BCUT2D eigenvalue weighted by Crippen LogP contribution is -2.04. The first-order valence-corrected chi connectivity index (χ1v) is 6.89. The molecule has 1 aromatic carbocycles. The Morgan fingerprint density at radius 2 is 2.17 bits per heavy atom. The first-order valence-electron chi connectivity index (χ1n) is 6.01. The summed E-state index contributed by atoms with van der Waals surface area (Å²) in [4.78, 5) is 13.2. The topological polar surface area (TPSA) is 26.3 Å². The van der Waals surface area contributed by atoms with E-state index in [2.05, 4.69) is 6.92 Å². The molecule has 0 aliphatic rings. The minimum atomic E-state index is 0.108. The summed E-state index contributed by atoms with van der Waals surface area (Å²) in [6.07, 6.45) is 1.90. The molecule has 1 heterocycles.